The van der Waals surface area contributed by atoms with Crippen LogP contribution in [0, 0.1) is 0 Å². The number of hydrogen-bond acceptors (Lipinski definition) is 7. The minimum Gasteiger partial charge on any atom is -0.391 e. The van der Waals surface area contributed by atoms with Gasteiger partial charge in [0.15, 0.2) is 0 Å². The Bertz CT molecular complexity index is 1880. The molecule has 6 aromatic rings. The molecule has 0 saturated carbocycles. The van der Waals surface area contributed by atoms with Crippen LogP contribution in [0.3, 0.4) is 0 Å². The maximum atomic E-state index is 13.2. The quantitative estimate of drug-likeness (QED) is 0.190. The highest BCUT2D eigenvalue weighted by atomic mass is 16.6. The van der Waals surface area contributed by atoms with Crippen molar-refractivity contribution in [3.8, 4) is 5.88 Å². The van der Waals surface area contributed by atoms with Gasteiger partial charge in [-0.1, -0.05) is 54.6 Å². The second kappa shape index (κ2) is 11.0. The number of H-pyrrole nitrogens is 2. The first-order valence-corrected chi connectivity index (χ1v) is 12.5. The van der Waals surface area contributed by atoms with E-state index in [0.29, 0.717) is 16.7 Å². The van der Waals surface area contributed by atoms with Crippen molar-refractivity contribution >= 4 is 57.3 Å². The van der Waals surface area contributed by atoms with Gasteiger partial charge in [-0.15, -0.1) is 0 Å². The summed E-state index contributed by atoms with van der Waals surface area (Å²) in [6.07, 6.45) is 4.00. The van der Waals surface area contributed by atoms with Gasteiger partial charge in [-0.25, -0.2) is 19.7 Å². The van der Waals surface area contributed by atoms with Crippen LogP contribution in [0.5, 0.6) is 5.88 Å². The van der Waals surface area contributed by atoms with E-state index >= 15 is 0 Å². The number of ether oxygens (including phenoxy) is 1. The molecule has 3 aromatic carbocycles. The number of nitrogens with zero attached hydrogens (tertiary/aromatic N) is 3. The van der Waals surface area contributed by atoms with Crippen LogP contribution in [-0.2, 0) is 11.2 Å². The molecule has 6 rings (SSSR count). The van der Waals surface area contributed by atoms with Crippen molar-refractivity contribution in [1.29, 1.82) is 0 Å². The Hall–Kier alpha value is -6.04. The highest BCUT2D eigenvalue weighted by Crippen LogP contribution is 2.25. The van der Waals surface area contributed by atoms with Gasteiger partial charge in [-0.2, -0.15) is 0 Å². The molecule has 0 bridgehead atoms. The molecule has 12 heteroatoms. The van der Waals surface area contributed by atoms with E-state index in [1.807, 2.05) is 54.6 Å². The fourth-order valence-corrected chi connectivity index (χ4v) is 4.25. The first kappa shape index (κ1) is 25.2. The van der Waals surface area contributed by atoms with E-state index in [9.17, 15) is 14.4 Å². The van der Waals surface area contributed by atoms with Gasteiger partial charge in [0.2, 0.25) is 23.7 Å². The van der Waals surface area contributed by atoms with Crippen molar-refractivity contribution in [3.05, 3.63) is 103 Å². The molecule has 3 amide bonds. The summed E-state index contributed by atoms with van der Waals surface area (Å²) in [5, 5.41) is 9.78. The number of aromatic nitrogens is 5. The number of carbonyl (C=O) groups excluding carboxylic acids is 3. The minimum atomic E-state index is -0.829. The number of nitrogens with one attached hydrogen (secondary N) is 5. The normalized spacial score (nSPS) is 10.8. The van der Waals surface area contributed by atoms with E-state index < -0.39 is 12.0 Å². The molecule has 12 nitrogen and oxygen atoms in total. The van der Waals surface area contributed by atoms with E-state index in [4.69, 9.17) is 4.74 Å². The number of pyridine rings is 1. The maximum absolute atomic E-state index is 13.2. The van der Waals surface area contributed by atoms with Crippen molar-refractivity contribution in [3.63, 3.8) is 0 Å². The van der Waals surface area contributed by atoms with Crippen LogP contribution in [0.15, 0.2) is 91.4 Å². The average Bonchev–Trinajstić information content (AvgIpc) is 3.62. The van der Waals surface area contributed by atoms with Crippen LogP contribution in [-0.4, -0.2) is 42.8 Å². The third-order valence-electron chi connectivity index (χ3n) is 6.08. The predicted molar refractivity (Wildman–Crippen MR) is 153 cm³/mol. The Kier molecular flexibility index (Phi) is 6.76. The van der Waals surface area contributed by atoms with Gasteiger partial charge in [0.25, 0.3) is 5.91 Å². The predicted octanol–water partition coefficient (Wildman–Crippen LogP) is 4.88. The summed E-state index contributed by atoms with van der Waals surface area (Å²) >= 11 is 0. The number of carbonyl (C=O) groups is 3. The van der Waals surface area contributed by atoms with Crippen LogP contribution in [0.4, 0.5) is 22.4 Å². The molecule has 0 aliphatic rings. The molecule has 0 spiro atoms. The van der Waals surface area contributed by atoms with E-state index in [2.05, 4.69) is 40.9 Å². The van der Waals surface area contributed by atoms with Crippen LogP contribution in [0.2, 0.25) is 0 Å². The lowest BCUT2D eigenvalue weighted by atomic mass is 10.1. The second-order valence-corrected chi connectivity index (χ2v) is 8.99. The van der Waals surface area contributed by atoms with Crippen molar-refractivity contribution in [1.82, 2.24) is 24.9 Å². The van der Waals surface area contributed by atoms with Crippen molar-refractivity contribution in [2.75, 3.05) is 16.0 Å². The number of anilines is 3. The molecule has 3 aromatic heterocycles. The molecular weight excluding hydrogens is 524 g/mol. The number of imidazole rings is 2. The summed E-state index contributed by atoms with van der Waals surface area (Å²) in [4.78, 5) is 56.9. The van der Waals surface area contributed by atoms with Gasteiger partial charge in [0, 0.05) is 35.7 Å². The first-order chi connectivity index (χ1) is 20.0. The van der Waals surface area contributed by atoms with E-state index in [1.165, 1.54) is 12.3 Å². The SMILES string of the molecule is O=C(Cc1ccccc1)Nc1cc(C(=O)Nc2ncc[nH]2)c2[nH]c(NC(=O)Oc3cc4ccccc4cn3)nc2c1. The zero-order valence-electron chi connectivity index (χ0n) is 21.3. The third-order valence-corrected chi connectivity index (χ3v) is 6.08. The van der Waals surface area contributed by atoms with Crippen LogP contribution < -0.4 is 20.7 Å². The summed E-state index contributed by atoms with van der Waals surface area (Å²) in [5.74, 6) is -0.397. The third kappa shape index (κ3) is 5.86. The zero-order valence-corrected chi connectivity index (χ0v) is 21.3. The standard InChI is InChI=1S/C29H22N8O4/c38-23(12-17-6-2-1-3-7-17)33-20-14-21(26(39)36-27-30-10-11-31-27)25-22(15-20)34-28(35-25)37-29(40)41-24-13-18-8-4-5-9-19(18)16-32-24/h1-11,13-16H,12H2,(H,33,38)(H2,30,31,36,39)(H2,34,35,37,40). The van der Waals surface area contributed by atoms with Crippen LogP contribution in [0.1, 0.15) is 15.9 Å². The first-order valence-electron chi connectivity index (χ1n) is 12.5. The Morgan fingerprint density at radius 1 is 0.829 bits per heavy atom. The number of amides is 3. The molecule has 202 valence electrons. The topological polar surface area (TPSA) is 167 Å². The van der Waals surface area contributed by atoms with Gasteiger partial charge in [0.05, 0.1) is 23.0 Å². The zero-order chi connectivity index (χ0) is 28.2. The summed E-state index contributed by atoms with van der Waals surface area (Å²) in [6.45, 7) is 0. The molecule has 0 aliphatic heterocycles. The summed E-state index contributed by atoms with van der Waals surface area (Å²) in [6, 6.07) is 21.6. The van der Waals surface area contributed by atoms with Crippen LogP contribution in [0.25, 0.3) is 21.8 Å². The second-order valence-electron chi connectivity index (χ2n) is 8.99. The Labute approximate surface area is 232 Å². The van der Waals surface area contributed by atoms with Crippen molar-refractivity contribution in [2.45, 2.75) is 6.42 Å². The Morgan fingerprint density at radius 3 is 2.44 bits per heavy atom. The number of hydrogen-bond donors (Lipinski definition) is 5. The van der Waals surface area contributed by atoms with Gasteiger partial charge in [-0.05, 0) is 23.1 Å². The molecular formula is C29H22N8O4. The van der Waals surface area contributed by atoms with Gasteiger partial charge in [-0.3, -0.25) is 20.2 Å². The molecule has 0 aliphatic carbocycles. The largest absolute Gasteiger partial charge is 0.420 e. The highest BCUT2D eigenvalue weighted by molar-refractivity contribution is 6.13. The molecule has 41 heavy (non-hydrogen) atoms. The summed E-state index contributed by atoms with van der Waals surface area (Å²) in [7, 11) is 0. The Morgan fingerprint density at radius 2 is 1.63 bits per heavy atom. The summed E-state index contributed by atoms with van der Waals surface area (Å²) < 4.78 is 5.33. The smallest absolute Gasteiger partial charge is 0.391 e. The van der Waals surface area contributed by atoms with Crippen molar-refractivity contribution in [2.24, 2.45) is 0 Å². The lowest BCUT2D eigenvalue weighted by Gasteiger charge is -2.09. The maximum Gasteiger partial charge on any atom is 0.420 e. The molecule has 0 atom stereocenters. The molecule has 5 N–H and O–H groups in total. The number of rotatable bonds is 7. The number of aromatic amines is 2. The van der Waals surface area contributed by atoms with Gasteiger partial charge >= 0.3 is 6.09 Å². The molecule has 0 radical (unpaired) electrons. The Balaban J connectivity index is 1.25. The highest BCUT2D eigenvalue weighted by Gasteiger charge is 2.19. The van der Waals surface area contributed by atoms with E-state index in [-0.39, 0.29) is 35.7 Å². The number of fused-ring (bicyclic) bond motifs is 2. The summed E-state index contributed by atoms with van der Waals surface area (Å²) in [5.41, 5.74) is 2.01. The monoisotopic (exact) mass is 546 g/mol. The fraction of sp³-hybridized carbons (Fsp3) is 0.0345. The van der Waals surface area contributed by atoms with E-state index in [0.717, 1.165) is 16.3 Å². The molecule has 3 heterocycles. The minimum absolute atomic E-state index is 0.0330. The number of benzene rings is 3. The lowest BCUT2D eigenvalue weighted by molar-refractivity contribution is -0.115. The molecule has 0 saturated heterocycles. The van der Waals surface area contributed by atoms with Crippen molar-refractivity contribution < 1.29 is 19.1 Å². The van der Waals surface area contributed by atoms with Gasteiger partial charge in [0.1, 0.15) is 0 Å². The van der Waals surface area contributed by atoms with Crippen LogP contribution >= 0.6 is 0 Å². The van der Waals surface area contributed by atoms with Gasteiger partial charge < -0.3 is 20.0 Å². The molecule has 0 fully saturated rings. The van der Waals surface area contributed by atoms with E-state index in [1.54, 1.807) is 24.5 Å². The lowest BCUT2D eigenvalue weighted by Crippen LogP contribution is -2.18. The average molecular weight is 547 g/mol. The fourth-order valence-electron chi connectivity index (χ4n) is 4.25. The molecule has 0 unspecified atom stereocenters.